The molecule has 0 spiro atoms. The van der Waals surface area contributed by atoms with E-state index in [0.29, 0.717) is 6.42 Å². The first-order valence-corrected chi connectivity index (χ1v) is 3.02. The first-order chi connectivity index (χ1) is 4.79. The summed E-state index contributed by atoms with van der Waals surface area (Å²) < 4.78 is 4.47. The Morgan fingerprint density at radius 1 is 1.60 bits per heavy atom. The minimum atomic E-state index is -1.22. The first-order valence-electron chi connectivity index (χ1n) is 3.02. The van der Waals surface area contributed by atoms with Crippen LogP contribution in [0.3, 0.4) is 0 Å². The average molecular weight is 140 g/mol. The van der Waals surface area contributed by atoms with E-state index in [4.69, 9.17) is 5.11 Å². The molecule has 0 amide bonds. The first kappa shape index (κ1) is 6.86. The van der Waals surface area contributed by atoms with Gasteiger partial charge >= 0.3 is 6.16 Å². The standard InChI is InChI=1S/C7H8O3/c8-7(9)10-6-4-2-1-3-5-6/h1-4,6H,5H2,(H,8,9). The van der Waals surface area contributed by atoms with Gasteiger partial charge in [-0.1, -0.05) is 18.2 Å². The number of carboxylic acid groups (broad SMARTS) is 1. The van der Waals surface area contributed by atoms with E-state index in [1.165, 1.54) is 0 Å². The third-order valence-corrected chi connectivity index (χ3v) is 1.19. The van der Waals surface area contributed by atoms with E-state index in [9.17, 15) is 4.79 Å². The van der Waals surface area contributed by atoms with Crippen LogP contribution in [0.25, 0.3) is 0 Å². The van der Waals surface area contributed by atoms with Gasteiger partial charge in [-0.3, -0.25) is 0 Å². The molecule has 1 atom stereocenters. The van der Waals surface area contributed by atoms with Gasteiger partial charge in [-0.15, -0.1) is 0 Å². The summed E-state index contributed by atoms with van der Waals surface area (Å²) in [7, 11) is 0. The Kier molecular flexibility index (Phi) is 2.10. The smallest absolute Gasteiger partial charge is 0.450 e. The maximum absolute atomic E-state index is 9.99. The number of rotatable bonds is 1. The van der Waals surface area contributed by atoms with Crippen LogP contribution in [0.15, 0.2) is 24.3 Å². The van der Waals surface area contributed by atoms with Crippen molar-refractivity contribution in [2.45, 2.75) is 12.5 Å². The SMILES string of the molecule is O=C(O)OC1C=CC=CC1. The van der Waals surface area contributed by atoms with Gasteiger partial charge in [0.15, 0.2) is 0 Å². The van der Waals surface area contributed by atoms with Crippen LogP contribution in [0.1, 0.15) is 6.42 Å². The summed E-state index contributed by atoms with van der Waals surface area (Å²) in [6.45, 7) is 0. The Labute approximate surface area is 58.6 Å². The third kappa shape index (κ3) is 1.93. The summed E-state index contributed by atoms with van der Waals surface area (Å²) in [6, 6.07) is 0. The highest BCUT2D eigenvalue weighted by atomic mass is 16.7. The van der Waals surface area contributed by atoms with Crippen molar-refractivity contribution in [3.8, 4) is 0 Å². The molecule has 0 fully saturated rings. The van der Waals surface area contributed by atoms with Gasteiger partial charge in [-0.2, -0.15) is 0 Å². The van der Waals surface area contributed by atoms with E-state index in [1.54, 1.807) is 12.2 Å². The van der Waals surface area contributed by atoms with Gasteiger partial charge in [0, 0.05) is 6.42 Å². The molecule has 0 radical (unpaired) electrons. The molecule has 0 saturated heterocycles. The summed E-state index contributed by atoms with van der Waals surface area (Å²) in [5, 5.41) is 8.19. The molecule has 1 unspecified atom stereocenters. The molecule has 0 aromatic rings. The lowest BCUT2D eigenvalue weighted by Gasteiger charge is -2.10. The second-order valence-corrected chi connectivity index (χ2v) is 1.97. The summed E-state index contributed by atoms with van der Waals surface area (Å²) in [6.07, 6.45) is 6.36. The third-order valence-electron chi connectivity index (χ3n) is 1.19. The van der Waals surface area contributed by atoms with Crippen molar-refractivity contribution in [2.24, 2.45) is 0 Å². The Hall–Kier alpha value is -1.25. The van der Waals surface area contributed by atoms with Crippen LogP contribution in [0.5, 0.6) is 0 Å². The van der Waals surface area contributed by atoms with Gasteiger partial charge in [-0.25, -0.2) is 4.79 Å². The van der Waals surface area contributed by atoms with E-state index < -0.39 is 6.16 Å². The zero-order valence-electron chi connectivity index (χ0n) is 5.36. The molecule has 0 heterocycles. The molecule has 3 heteroatoms. The lowest BCUT2D eigenvalue weighted by atomic mass is 10.1. The molecule has 54 valence electrons. The average Bonchev–Trinajstić information content (AvgIpc) is 1.88. The molecule has 0 bridgehead atoms. The molecule has 10 heavy (non-hydrogen) atoms. The van der Waals surface area contributed by atoms with Gasteiger partial charge in [-0.05, 0) is 6.08 Å². The van der Waals surface area contributed by atoms with Crippen molar-refractivity contribution < 1.29 is 14.6 Å². The quantitative estimate of drug-likeness (QED) is 0.562. The highest BCUT2D eigenvalue weighted by molar-refractivity contribution is 5.57. The molecule has 1 N–H and O–H groups in total. The topological polar surface area (TPSA) is 46.5 Å². The predicted octanol–water partition coefficient (Wildman–Crippen LogP) is 1.57. The fraction of sp³-hybridized carbons (Fsp3) is 0.286. The fourth-order valence-corrected chi connectivity index (χ4v) is 0.775. The lowest BCUT2D eigenvalue weighted by Crippen LogP contribution is -2.14. The van der Waals surface area contributed by atoms with Gasteiger partial charge in [0.1, 0.15) is 6.10 Å². The summed E-state index contributed by atoms with van der Waals surface area (Å²) >= 11 is 0. The maximum atomic E-state index is 9.99. The van der Waals surface area contributed by atoms with Crippen LogP contribution in [-0.4, -0.2) is 17.4 Å². The number of carbonyl (C=O) groups is 1. The number of allylic oxidation sites excluding steroid dienone is 2. The molecule has 0 aromatic heterocycles. The molecular formula is C7H8O3. The Bertz CT molecular complexity index is 181. The van der Waals surface area contributed by atoms with Crippen LogP contribution in [-0.2, 0) is 4.74 Å². The van der Waals surface area contributed by atoms with Crippen molar-refractivity contribution >= 4 is 6.16 Å². The zero-order chi connectivity index (χ0) is 7.40. The van der Waals surface area contributed by atoms with E-state index in [0.717, 1.165) is 0 Å². The monoisotopic (exact) mass is 140 g/mol. The molecular weight excluding hydrogens is 132 g/mol. The second kappa shape index (κ2) is 3.06. The number of ether oxygens (including phenoxy) is 1. The van der Waals surface area contributed by atoms with Crippen molar-refractivity contribution in [3.05, 3.63) is 24.3 Å². The van der Waals surface area contributed by atoms with Crippen LogP contribution < -0.4 is 0 Å². The molecule has 1 aliphatic rings. The molecule has 3 nitrogen and oxygen atoms in total. The van der Waals surface area contributed by atoms with Gasteiger partial charge in [0.25, 0.3) is 0 Å². The van der Waals surface area contributed by atoms with E-state index >= 15 is 0 Å². The number of hydrogen-bond acceptors (Lipinski definition) is 2. The summed E-state index contributed by atoms with van der Waals surface area (Å²) in [4.78, 5) is 9.99. The largest absolute Gasteiger partial charge is 0.506 e. The van der Waals surface area contributed by atoms with Gasteiger partial charge in [0.2, 0.25) is 0 Å². The Balaban J connectivity index is 2.37. The lowest BCUT2D eigenvalue weighted by molar-refractivity contribution is 0.0698. The number of hydrogen-bond donors (Lipinski definition) is 1. The van der Waals surface area contributed by atoms with E-state index in [2.05, 4.69) is 4.74 Å². The predicted molar refractivity (Wildman–Crippen MR) is 35.8 cm³/mol. The Morgan fingerprint density at radius 3 is 2.90 bits per heavy atom. The molecule has 0 aliphatic heterocycles. The minimum Gasteiger partial charge on any atom is -0.450 e. The summed E-state index contributed by atoms with van der Waals surface area (Å²) in [5.74, 6) is 0. The van der Waals surface area contributed by atoms with Crippen LogP contribution in [0, 0.1) is 0 Å². The van der Waals surface area contributed by atoms with Crippen molar-refractivity contribution in [3.63, 3.8) is 0 Å². The normalized spacial score (nSPS) is 22.6. The summed E-state index contributed by atoms with van der Waals surface area (Å²) in [5.41, 5.74) is 0. The maximum Gasteiger partial charge on any atom is 0.506 e. The fourth-order valence-electron chi connectivity index (χ4n) is 0.775. The Morgan fingerprint density at radius 2 is 2.40 bits per heavy atom. The highest BCUT2D eigenvalue weighted by Crippen LogP contribution is 2.06. The van der Waals surface area contributed by atoms with Crippen molar-refractivity contribution in [2.75, 3.05) is 0 Å². The molecule has 1 aliphatic carbocycles. The molecule has 0 aromatic carbocycles. The van der Waals surface area contributed by atoms with Gasteiger partial charge < -0.3 is 9.84 Å². The second-order valence-electron chi connectivity index (χ2n) is 1.97. The zero-order valence-corrected chi connectivity index (χ0v) is 5.36. The molecule has 1 rings (SSSR count). The minimum absolute atomic E-state index is 0.289. The highest BCUT2D eigenvalue weighted by Gasteiger charge is 2.08. The molecule has 0 saturated carbocycles. The van der Waals surface area contributed by atoms with Crippen LogP contribution in [0.4, 0.5) is 4.79 Å². The van der Waals surface area contributed by atoms with E-state index in [1.807, 2.05) is 12.2 Å². The van der Waals surface area contributed by atoms with Crippen molar-refractivity contribution in [1.29, 1.82) is 0 Å². The van der Waals surface area contributed by atoms with Gasteiger partial charge in [0.05, 0.1) is 0 Å². The van der Waals surface area contributed by atoms with Crippen LogP contribution in [0.2, 0.25) is 0 Å². The van der Waals surface area contributed by atoms with Crippen LogP contribution >= 0.6 is 0 Å². The van der Waals surface area contributed by atoms with E-state index in [-0.39, 0.29) is 6.10 Å². The van der Waals surface area contributed by atoms with Crippen molar-refractivity contribution in [1.82, 2.24) is 0 Å².